The number of likely N-dealkylation sites (tertiary alicyclic amines) is 1. The van der Waals surface area contributed by atoms with Crippen molar-refractivity contribution in [1.29, 1.82) is 0 Å². The second kappa shape index (κ2) is 8.93. The monoisotopic (exact) mass is 326 g/mol. The Balaban J connectivity index is 1.83. The minimum atomic E-state index is -0.629. The third kappa shape index (κ3) is 5.55. The quantitative estimate of drug-likeness (QED) is 0.837. The van der Waals surface area contributed by atoms with Gasteiger partial charge >= 0.3 is 0 Å². The van der Waals surface area contributed by atoms with Crippen LogP contribution in [0.15, 0.2) is 18.2 Å². The standard InChI is InChI=1S/C17H24F2N2O2/c1-23-11-8-14-4-2-3-9-21(14)10-7-17(22)20-16-12-13(18)5-6-15(16)19/h5-6,12,14H,2-4,7-11H2,1H3,(H,20,22)/t14-/m1/s1. The summed E-state index contributed by atoms with van der Waals surface area (Å²) in [7, 11) is 1.69. The Labute approximate surface area is 135 Å². The van der Waals surface area contributed by atoms with Crippen molar-refractivity contribution in [3.05, 3.63) is 29.8 Å². The van der Waals surface area contributed by atoms with E-state index in [9.17, 15) is 13.6 Å². The first-order chi connectivity index (χ1) is 11.1. The number of nitrogens with zero attached hydrogens (tertiary/aromatic N) is 1. The summed E-state index contributed by atoms with van der Waals surface area (Å²) in [6.07, 6.45) is 4.66. The molecule has 6 heteroatoms. The molecule has 1 fully saturated rings. The number of ether oxygens (including phenoxy) is 1. The number of amides is 1. The number of carbonyl (C=O) groups excluding carboxylic acids is 1. The highest BCUT2D eigenvalue weighted by Gasteiger charge is 2.22. The van der Waals surface area contributed by atoms with E-state index in [4.69, 9.17) is 4.74 Å². The maximum Gasteiger partial charge on any atom is 0.225 e. The predicted octanol–water partition coefficient (Wildman–Crippen LogP) is 3.18. The summed E-state index contributed by atoms with van der Waals surface area (Å²) < 4.78 is 31.8. The van der Waals surface area contributed by atoms with Crippen LogP contribution < -0.4 is 5.32 Å². The smallest absolute Gasteiger partial charge is 0.225 e. The highest BCUT2D eigenvalue weighted by atomic mass is 19.1. The van der Waals surface area contributed by atoms with E-state index in [0.717, 1.165) is 44.0 Å². The van der Waals surface area contributed by atoms with Gasteiger partial charge in [-0.1, -0.05) is 6.42 Å². The summed E-state index contributed by atoms with van der Waals surface area (Å²) in [6.45, 7) is 2.30. The SMILES string of the molecule is COCC[C@H]1CCCCN1CCC(=O)Nc1cc(F)ccc1F. The molecule has 1 aromatic rings. The van der Waals surface area contributed by atoms with E-state index in [0.29, 0.717) is 19.2 Å². The van der Waals surface area contributed by atoms with Crippen LogP contribution in [-0.4, -0.2) is 43.7 Å². The summed E-state index contributed by atoms with van der Waals surface area (Å²) in [5, 5.41) is 2.44. The van der Waals surface area contributed by atoms with Gasteiger partial charge in [-0.05, 0) is 37.9 Å². The normalized spacial score (nSPS) is 18.8. The Kier molecular flexibility index (Phi) is 6.92. The lowest BCUT2D eigenvalue weighted by molar-refractivity contribution is -0.116. The average Bonchev–Trinajstić information content (AvgIpc) is 2.55. The summed E-state index contributed by atoms with van der Waals surface area (Å²) in [5.41, 5.74) is -0.107. The first kappa shape index (κ1) is 17.8. The molecule has 0 bridgehead atoms. The van der Waals surface area contributed by atoms with Crippen molar-refractivity contribution in [3.8, 4) is 0 Å². The zero-order chi connectivity index (χ0) is 16.7. The first-order valence-electron chi connectivity index (χ1n) is 8.08. The second-order valence-corrected chi connectivity index (χ2v) is 5.89. The molecule has 1 amide bonds. The van der Waals surface area contributed by atoms with Gasteiger partial charge in [-0.2, -0.15) is 0 Å². The van der Waals surface area contributed by atoms with Gasteiger partial charge in [0.15, 0.2) is 0 Å². The highest BCUT2D eigenvalue weighted by molar-refractivity contribution is 5.90. The molecule has 1 saturated heterocycles. The Hall–Kier alpha value is -1.53. The van der Waals surface area contributed by atoms with E-state index in [-0.39, 0.29) is 18.0 Å². The van der Waals surface area contributed by atoms with Crippen LogP contribution in [0, 0.1) is 11.6 Å². The minimum Gasteiger partial charge on any atom is -0.385 e. The lowest BCUT2D eigenvalue weighted by Crippen LogP contribution is -2.41. The van der Waals surface area contributed by atoms with Crippen LogP contribution in [0.1, 0.15) is 32.1 Å². The molecule has 0 unspecified atom stereocenters. The molecule has 1 N–H and O–H groups in total. The van der Waals surface area contributed by atoms with Gasteiger partial charge in [0.05, 0.1) is 5.69 Å². The Morgan fingerprint density at radius 1 is 1.39 bits per heavy atom. The lowest BCUT2D eigenvalue weighted by atomic mass is 9.99. The van der Waals surface area contributed by atoms with Crippen molar-refractivity contribution in [1.82, 2.24) is 4.90 Å². The van der Waals surface area contributed by atoms with Gasteiger partial charge in [-0.15, -0.1) is 0 Å². The van der Waals surface area contributed by atoms with Crippen molar-refractivity contribution in [2.75, 3.05) is 32.1 Å². The fourth-order valence-electron chi connectivity index (χ4n) is 2.99. The van der Waals surface area contributed by atoms with Gasteiger partial charge in [-0.3, -0.25) is 9.69 Å². The summed E-state index contributed by atoms with van der Waals surface area (Å²) >= 11 is 0. The fourth-order valence-corrected chi connectivity index (χ4v) is 2.99. The summed E-state index contributed by atoms with van der Waals surface area (Å²) in [5.74, 6) is -1.50. The number of hydrogen-bond acceptors (Lipinski definition) is 3. The molecule has 2 rings (SSSR count). The van der Waals surface area contributed by atoms with E-state index < -0.39 is 11.6 Å². The molecule has 1 aliphatic rings. The number of benzene rings is 1. The number of carbonyl (C=O) groups is 1. The van der Waals surface area contributed by atoms with Gasteiger partial charge in [0, 0.05) is 38.8 Å². The number of nitrogens with one attached hydrogen (secondary N) is 1. The Morgan fingerprint density at radius 3 is 3.00 bits per heavy atom. The second-order valence-electron chi connectivity index (χ2n) is 5.89. The van der Waals surface area contributed by atoms with Gasteiger partial charge in [-0.25, -0.2) is 8.78 Å². The van der Waals surface area contributed by atoms with Crippen LogP contribution in [0.4, 0.5) is 14.5 Å². The Morgan fingerprint density at radius 2 is 2.22 bits per heavy atom. The summed E-state index contributed by atoms with van der Waals surface area (Å²) in [6, 6.07) is 3.47. The molecular formula is C17H24F2N2O2. The first-order valence-corrected chi connectivity index (χ1v) is 8.08. The number of hydrogen-bond donors (Lipinski definition) is 1. The van der Waals surface area contributed by atoms with Crippen molar-refractivity contribution in [2.45, 2.75) is 38.1 Å². The molecule has 1 heterocycles. The van der Waals surface area contributed by atoms with E-state index in [1.165, 1.54) is 6.42 Å². The van der Waals surface area contributed by atoms with Crippen LogP contribution >= 0.6 is 0 Å². The molecule has 4 nitrogen and oxygen atoms in total. The largest absolute Gasteiger partial charge is 0.385 e. The predicted molar refractivity (Wildman–Crippen MR) is 85.3 cm³/mol. The van der Waals surface area contributed by atoms with Crippen LogP contribution in [0.25, 0.3) is 0 Å². The highest BCUT2D eigenvalue weighted by Crippen LogP contribution is 2.20. The van der Waals surface area contributed by atoms with Gasteiger partial charge in [0.25, 0.3) is 0 Å². The number of methoxy groups -OCH3 is 1. The third-order valence-electron chi connectivity index (χ3n) is 4.23. The van der Waals surface area contributed by atoms with Crippen LogP contribution in [0.2, 0.25) is 0 Å². The van der Waals surface area contributed by atoms with Crippen LogP contribution in [-0.2, 0) is 9.53 Å². The number of piperidine rings is 1. The molecule has 0 aromatic heterocycles. The Bertz CT molecular complexity index is 525. The van der Waals surface area contributed by atoms with Crippen LogP contribution in [0.3, 0.4) is 0 Å². The zero-order valence-electron chi connectivity index (χ0n) is 13.5. The van der Waals surface area contributed by atoms with Gasteiger partial charge in [0.2, 0.25) is 5.91 Å². The molecule has 0 spiro atoms. The topological polar surface area (TPSA) is 41.6 Å². The van der Waals surface area contributed by atoms with E-state index in [2.05, 4.69) is 10.2 Å². The zero-order valence-corrected chi connectivity index (χ0v) is 13.5. The molecule has 1 aliphatic heterocycles. The fraction of sp³-hybridized carbons (Fsp3) is 0.588. The molecule has 1 atom stereocenters. The number of anilines is 1. The summed E-state index contributed by atoms with van der Waals surface area (Å²) in [4.78, 5) is 14.3. The van der Waals surface area contributed by atoms with Crippen molar-refractivity contribution in [2.24, 2.45) is 0 Å². The molecular weight excluding hydrogens is 302 g/mol. The molecule has 0 radical (unpaired) electrons. The molecule has 0 aliphatic carbocycles. The molecule has 0 saturated carbocycles. The lowest BCUT2D eigenvalue weighted by Gasteiger charge is -2.35. The molecule has 23 heavy (non-hydrogen) atoms. The van der Waals surface area contributed by atoms with E-state index >= 15 is 0 Å². The van der Waals surface area contributed by atoms with Gasteiger partial charge < -0.3 is 10.1 Å². The van der Waals surface area contributed by atoms with Crippen LogP contribution in [0.5, 0.6) is 0 Å². The minimum absolute atomic E-state index is 0.107. The van der Waals surface area contributed by atoms with Crippen molar-refractivity contribution >= 4 is 11.6 Å². The molecule has 1 aromatic carbocycles. The average molecular weight is 326 g/mol. The van der Waals surface area contributed by atoms with E-state index in [1.54, 1.807) is 7.11 Å². The number of halogens is 2. The van der Waals surface area contributed by atoms with Crippen molar-refractivity contribution < 1.29 is 18.3 Å². The molecule has 128 valence electrons. The maximum absolute atomic E-state index is 13.5. The van der Waals surface area contributed by atoms with E-state index in [1.807, 2.05) is 0 Å². The van der Waals surface area contributed by atoms with Gasteiger partial charge in [0.1, 0.15) is 11.6 Å². The van der Waals surface area contributed by atoms with Crippen molar-refractivity contribution in [3.63, 3.8) is 0 Å². The maximum atomic E-state index is 13.5. The third-order valence-corrected chi connectivity index (χ3v) is 4.23. The number of rotatable bonds is 7.